The highest BCUT2D eigenvalue weighted by atomic mass is 16.1. The maximum atomic E-state index is 11.6. The summed E-state index contributed by atoms with van der Waals surface area (Å²) in [7, 11) is 0. The molecular weight excluding hydrogens is 210 g/mol. The van der Waals surface area contributed by atoms with Crippen LogP contribution >= 0.6 is 0 Å². The molecule has 0 aliphatic heterocycles. The van der Waals surface area contributed by atoms with Gasteiger partial charge < -0.3 is 11.1 Å². The molecule has 0 bridgehead atoms. The summed E-state index contributed by atoms with van der Waals surface area (Å²) in [6.07, 6.45) is 1.47. The van der Waals surface area contributed by atoms with Gasteiger partial charge in [0.2, 0.25) is 0 Å². The lowest BCUT2D eigenvalue weighted by atomic mass is 10.3. The molecule has 16 heavy (non-hydrogen) atoms. The van der Waals surface area contributed by atoms with E-state index < -0.39 is 0 Å². The van der Waals surface area contributed by atoms with Crippen molar-refractivity contribution < 1.29 is 4.79 Å². The van der Waals surface area contributed by atoms with Gasteiger partial charge in [-0.1, -0.05) is 5.21 Å². The number of carbonyl (C=O) groups excluding carboxylic acids is 1. The van der Waals surface area contributed by atoms with Crippen molar-refractivity contribution >= 4 is 11.6 Å². The predicted octanol–water partition coefficient (Wildman–Crippen LogP) is -0.893. The van der Waals surface area contributed by atoms with E-state index in [2.05, 4.69) is 30.9 Å². The van der Waals surface area contributed by atoms with Crippen LogP contribution in [0.2, 0.25) is 0 Å². The first-order chi connectivity index (χ1) is 7.75. The number of anilines is 1. The Morgan fingerprint density at radius 1 is 1.56 bits per heavy atom. The van der Waals surface area contributed by atoms with Crippen molar-refractivity contribution in [3.05, 3.63) is 29.8 Å². The van der Waals surface area contributed by atoms with E-state index in [-0.39, 0.29) is 18.1 Å². The van der Waals surface area contributed by atoms with Gasteiger partial charge in [0.1, 0.15) is 5.69 Å². The molecule has 0 fully saturated rings. The smallest absolute Gasteiger partial charge is 0.270 e. The third-order valence-corrected chi connectivity index (χ3v) is 1.81. The second kappa shape index (κ2) is 4.34. The summed E-state index contributed by atoms with van der Waals surface area (Å²) in [6.45, 7) is 0.186. The van der Waals surface area contributed by atoms with E-state index in [0.717, 1.165) is 0 Å². The second-order valence-corrected chi connectivity index (χ2v) is 2.99. The molecule has 0 atom stereocenters. The van der Waals surface area contributed by atoms with E-state index in [1.165, 1.54) is 12.3 Å². The highest BCUT2D eigenvalue weighted by Crippen LogP contribution is 2.02. The van der Waals surface area contributed by atoms with Crippen LogP contribution in [0.3, 0.4) is 0 Å². The van der Waals surface area contributed by atoms with Gasteiger partial charge in [-0.2, -0.15) is 5.21 Å². The fourth-order valence-electron chi connectivity index (χ4n) is 1.08. The fourth-order valence-corrected chi connectivity index (χ4v) is 1.08. The average Bonchev–Trinajstić information content (AvgIpc) is 2.78. The molecule has 2 heterocycles. The quantitative estimate of drug-likeness (QED) is 0.615. The predicted molar refractivity (Wildman–Crippen MR) is 54.0 cm³/mol. The zero-order chi connectivity index (χ0) is 11.4. The van der Waals surface area contributed by atoms with Crippen LogP contribution < -0.4 is 11.1 Å². The Morgan fingerprint density at radius 3 is 3.12 bits per heavy atom. The van der Waals surface area contributed by atoms with E-state index in [0.29, 0.717) is 11.5 Å². The summed E-state index contributed by atoms with van der Waals surface area (Å²) < 4.78 is 0. The third kappa shape index (κ3) is 2.29. The molecule has 0 aromatic carbocycles. The fraction of sp³-hybridized carbons (Fsp3) is 0.125. The molecule has 2 aromatic heterocycles. The number of tetrazole rings is 1. The average molecular weight is 219 g/mol. The molecule has 82 valence electrons. The van der Waals surface area contributed by atoms with E-state index in [4.69, 9.17) is 5.73 Å². The number of nitrogens with zero attached hydrogens (tertiary/aromatic N) is 4. The number of aromatic nitrogens is 5. The van der Waals surface area contributed by atoms with Gasteiger partial charge in [-0.25, -0.2) is 0 Å². The number of nitrogens with one attached hydrogen (secondary N) is 2. The summed E-state index contributed by atoms with van der Waals surface area (Å²) in [5.41, 5.74) is 6.27. The van der Waals surface area contributed by atoms with E-state index in [1.807, 2.05) is 0 Å². The van der Waals surface area contributed by atoms with Crippen molar-refractivity contribution in [2.75, 3.05) is 5.73 Å². The molecule has 0 spiro atoms. The molecular formula is C8H9N7O. The van der Waals surface area contributed by atoms with Gasteiger partial charge in [0, 0.05) is 11.9 Å². The van der Waals surface area contributed by atoms with Crippen LogP contribution in [0.15, 0.2) is 18.3 Å². The third-order valence-electron chi connectivity index (χ3n) is 1.81. The molecule has 4 N–H and O–H groups in total. The number of hydrogen-bond acceptors (Lipinski definition) is 6. The van der Waals surface area contributed by atoms with Crippen LogP contribution in [-0.2, 0) is 6.54 Å². The number of rotatable bonds is 3. The topological polar surface area (TPSA) is 122 Å². The molecule has 0 aliphatic rings. The lowest BCUT2D eigenvalue weighted by Gasteiger charge is -2.01. The maximum Gasteiger partial charge on any atom is 0.270 e. The van der Waals surface area contributed by atoms with Crippen molar-refractivity contribution in [1.82, 2.24) is 30.9 Å². The molecule has 0 saturated carbocycles. The minimum absolute atomic E-state index is 0.186. The van der Waals surface area contributed by atoms with Gasteiger partial charge in [-0.15, -0.1) is 10.2 Å². The van der Waals surface area contributed by atoms with Crippen LogP contribution in [0, 0.1) is 0 Å². The Morgan fingerprint density at radius 2 is 2.44 bits per heavy atom. The summed E-state index contributed by atoms with van der Waals surface area (Å²) in [4.78, 5) is 15.5. The second-order valence-electron chi connectivity index (χ2n) is 2.99. The first-order valence-electron chi connectivity index (χ1n) is 4.48. The van der Waals surface area contributed by atoms with Crippen molar-refractivity contribution in [1.29, 1.82) is 0 Å². The normalized spacial score (nSPS) is 10.0. The highest BCUT2D eigenvalue weighted by molar-refractivity contribution is 5.92. The standard InChI is InChI=1S/C8H9N7O/c9-5-1-2-10-6(3-5)8(16)11-4-7-12-14-15-13-7/h1-3H,4H2,(H2,9,10)(H,11,16)(H,12,13,14,15). The maximum absolute atomic E-state index is 11.6. The van der Waals surface area contributed by atoms with Crippen LogP contribution in [-0.4, -0.2) is 31.5 Å². The van der Waals surface area contributed by atoms with E-state index >= 15 is 0 Å². The number of hydrogen-bond donors (Lipinski definition) is 3. The van der Waals surface area contributed by atoms with Gasteiger partial charge in [0.05, 0.1) is 6.54 Å². The minimum Gasteiger partial charge on any atom is -0.399 e. The van der Waals surface area contributed by atoms with Crippen LogP contribution in [0.4, 0.5) is 5.69 Å². The molecule has 0 aliphatic carbocycles. The number of aromatic amines is 1. The zero-order valence-corrected chi connectivity index (χ0v) is 8.21. The Labute approximate surface area is 90.3 Å². The largest absolute Gasteiger partial charge is 0.399 e. The SMILES string of the molecule is Nc1ccnc(C(=O)NCc2nn[nH]n2)c1. The van der Waals surface area contributed by atoms with Crippen LogP contribution in [0.1, 0.15) is 16.3 Å². The number of H-pyrrole nitrogens is 1. The Bertz CT molecular complexity index is 481. The highest BCUT2D eigenvalue weighted by Gasteiger charge is 2.08. The van der Waals surface area contributed by atoms with Gasteiger partial charge in [-0.3, -0.25) is 9.78 Å². The first kappa shape index (κ1) is 10.0. The number of pyridine rings is 1. The molecule has 2 rings (SSSR count). The molecule has 8 heteroatoms. The first-order valence-corrected chi connectivity index (χ1v) is 4.48. The zero-order valence-electron chi connectivity index (χ0n) is 8.21. The van der Waals surface area contributed by atoms with E-state index in [9.17, 15) is 4.79 Å². The van der Waals surface area contributed by atoms with Crippen molar-refractivity contribution in [3.8, 4) is 0 Å². The van der Waals surface area contributed by atoms with Gasteiger partial charge in [0.15, 0.2) is 5.82 Å². The molecule has 1 amide bonds. The van der Waals surface area contributed by atoms with Gasteiger partial charge >= 0.3 is 0 Å². The van der Waals surface area contributed by atoms with Crippen molar-refractivity contribution in [2.45, 2.75) is 6.54 Å². The lowest BCUT2D eigenvalue weighted by Crippen LogP contribution is -2.24. The van der Waals surface area contributed by atoms with Crippen LogP contribution in [0.25, 0.3) is 0 Å². The minimum atomic E-state index is -0.336. The Balaban J connectivity index is 1.98. The van der Waals surface area contributed by atoms with Crippen molar-refractivity contribution in [3.63, 3.8) is 0 Å². The summed E-state index contributed by atoms with van der Waals surface area (Å²) in [5, 5.41) is 15.6. The Kier molecular flexibility index (Phi) is 2.72. The number of nitrogen functional groups attached to an aromatic ring is 1. The summed E-state index contributed by atoms with van der Waals surface area (Å²) in [6, 6.07) is 3.10. The molecule has 0 unspecified atom stereocenters. The Hall–Kier alpha value is -2.51. The van der Waals surface area contributed by atoms with Crippen LogP contribution in [0.5, 0.6) is 0 Å². The lowest BCUT2D eigenvalue weighted by molar-refractivity contribution is 0.0945. The van der Waals surface area contributed by atoms with Crippen molar-refractivity contribution in [2.24, 2.45) is 0 Å². The summed E-state index contributed by atoms with van der Waals surface area (Å²) in [5.74, 6) is 0.0642. The number of carbonyl (C=O) groups is 1. The number of amides is 1. The molecule has 0 saturated heterocycles. The number of nitrogens with two attached hydrogens (primary N) is 1. The molecule has 2 aromatic rings. The van der Waals surface area contributed by atoms with Gasteiger partial charge in [-0.05, 0) is 12.1 Å². The summed E-state index contributed by atoms with van der Waals surface area (Å²) >= 11 is 0. The van der Waals surface area contributed by atoms with E-state index in [1.54, 1.807) is 6.07 Å². The van der Waals surface area contributed by atoms with Gasteiger partial charge in [0.25, 0.3) is 5.91 Å². The molecule has 0 radical (unpaired) electrons. The molecule has 8 nitrogen and oxygen atoms in total. The monoisotopic (exact) mass is 219 g/mol.